The van der Waals surface area contributed by atoms with Gasteiger partial charge in [0.2, 0.25) is 0 Å². The predicted octanol–water partition coefficient (Wildman–Crippen LogP) is 4.79. The Labute approximate surface area is 118 Å². The van der Waals surface area contributed by atoms with Crippen molar-refractivity contribution in [3.05, 3.63) is 34.9 Å². The summed E-state index contributed by atoms with van der Waals surface area (Å²) in [6.45, 7) is 6.89. The highest BCUT2D eigenvalue weighted by Crippen LogP contribution is 2.25. The SMILES string of the molecule is CCCCCC(C)NC(C)c1ccc2c(c1)CCC2. The van der Waals surface area contributed by atoms with Crippen LogP contribution in [0.1, 0.15) is 75.6 Å². The molecule has 0 saturated heterocycles. The topological polar surface area (TPSA) is 12.0 Å². The third-order valence-electron chi connectivity index (χ3n) is 4.40. The summed E-state index contributed by atoms with van der Waals surface area (Å²) in [4.78, 5) is 0. The van der Waals surface area contributed by atoms with Crippen LogP contribution in [0.15, 0.2) is 18.2 Å². The van der Waals surface area contributed by atoms with Gasteiger partial charge in [-0.05, 0) is 56.2 Å². The molecule has 1 aromatic carbocycles. The van der Waals surface area contributed by atoms with Crippen molar-refractivity contribution in [2.45, 2.75) is 77.8 Å². The lowest BCUT2D eigenvalue weighted by atomic mass is 10.0. The molecule has 19 heavy (non-hydrogen) atoms. The lowest BCUT2D eigenvalue weighted by Crippen LogP contribution is -2.28. The Bertz CT molecular complexity index is 397. The molecule has 1 aliphatic rings. The first-order chi connectivity index (χ1) is 9.20. The lowest BCUT2D eigenvalue weighted by molar-refractivity contribution is 0.440. The standard InChI is InChI=1S/C18H29N/c1-4-5-6-8-14(2)19-15(3)17-12-11-16-9-7-10-18(16)13-17/h11-15,19H,4-10H2,1-3H3. The van der Waals surface area contributed by atoms with Gasteiger partial charge in [-0.3, -0.25) is 0 Å². The number of rotatable bonds is 7. The first-order valence-corrected chi connectivity index (χ1v) is 8.08. The minimum atomic E-state index is 0.475. The van der Waals surface area contributed by atoms with Crippen LogP contribution in [0.4, 0.5) is 0 Å². The van der Waals surface area contributed by atoms with Gasteiger partial charge in [-0.15, -0.1) is 0 Å². The molecular formula is C18H29N. The molecule has 1 N–H and O–H groups in total. The Morgan fingerprint density at radius 3 is 2.68 bits per heavy atom. The molecule has 1 heteroatoms. The molecule has 0 bridgehead atoms. The van der Waals surface area contributed by atoms with Gasteiger partial charge in [-0.1, -0.05) is 44.4 Å². The van der Waals surface area contributed by atoms with Crippen molar-refractivity contribution < 1.29 is 0 Å². The van der Waals surface area contributed by atoms with Gasteiger partial charge >= 0.3 is 0 Å². The van der Waals surface area contributed by atoms with Gasteiger partial charge in [-0.25, -0.2) is 0 Å². The number of hydrogen-bond donors (Lipinski definition) is 1. The molecule has 2 rings (SSSR count). The minimum absolute atomic E-state index is 0.475. The molecule has 0 heterocycles. The van der Waals surface area contributed by atoms with E-state index in [2.05, 4.69) is 44.3 Å². The van der Waals surface area contributed by atoms with Gasteiger partial charge < -0.3 is 5.32 Å². The molecule has 0 aliphatic heterocycles. The fraction of sp³-hybridized carbons (Fsp3) is 0.667. The fourth-order valence-electron chi connectivity index (χ4n) is 3.17. The molecule has 2 unspecified atom stereocenters. The molecule has 0 saturated carbocycles. The Hall–Kier alpha value is -0.820. The lowest BCUT2D eigenvalue weighted by Gasteiger charge is -2.21. The monoisotopic (exact) mass is 259 g/mol. The Kier molecular flexibility index (Phi) is 5.45. The van der Waals surface area contributed by atoms with Gasteiger partial charge in [0.05, 0.1) is 0 Å². The van der Waals surface area contributed by atoms with E-state index in [1.165, 1.54) is 50.5 Å². The van der Waals surface area contributed by atoms with Crippen LogP contribution >= 0.6 is 0 Å². The quantitative estimate of drug-likeness (QED) is 0.694. The highest BCUT2D eigenvalue weighted by molar-refractivity contribution is 5.36. The van der Waals surface area contributed by atoms with Crippen molar-refractivity contribution in [1.29, 1.82) is 0 Å². The van der Waals surface area contributed by atoms with E-state index in [9.17, 15) is 0 Å². The summed E-state index contributed by atoms with van der Waals surface area (Å²) in [5.74, 6) is 0. The first-order valence-electron chi connectivity index (χ1n) is 8.08. The summed E-state index contributed by atoms with van der Waals surface area (Å²) in [5.41, 5.74) is 4.62. The van der Waals surface area contributed by atoms with Gasteiger partial charge in [0.1, 0.15) is 0 Å². The van der Waals surface area contributed by atoms with Crippen LogP contribution in [-0.2, 0) is 12.8 Å². The van der Waals surface area contributed by atoms with Gasteiger partial charge in [-0.2, -0.15) is 0 Å². The third-order valence-corrected chi connectivity index (χ3v) is 4.40. The number of hydrogen-bond acceptors (Lipinski definition) is 1. The zero-order valence-corrected chi connectivity index (χ0v) is 12.8. The maximum absolute atomic E-state index is 3.75. The fourth-order valence-corrected chi connectivity index (χ4v) is 3.17. The maximum atomic E-state index is 3.75. The van der Waals surface area contributed by atoms with Crippen LogP contribution in [0.2, 0.25) is 0 Å². The summed E-state index contributed by atoms with van der Waals surface area (Å²) < 4.78 is 0. The molecule has 2 atom stereocenters. The second kappa shape index (κ2) is 7.09. The number of unbranched alkanes of at least 4 members (excludes halogenated alkanes) is 2. The van der Waals surface area contributed by atoms with Crippen molar-refractivity contribution in [1.82, 2.24) is 5.32 Å². The van der Waals surface area contributed by atoms with Gasteiger partial charge in [0, 0.05) is 12.1 Å². The van der Waals surface area contributed by atoms with Crippen molar-refractivity contribution in [3.63, 3.8) is 0 Å². The molecule has 106 valence electrons. The average molecular weight is 259 g/mol. The van der Waals surface area contributed by atoms with Crippen molar-refractivity contribution in [2.75, 3.05) is 0 Å². The van der Waals surface area contributed by atoms with Gasteiger partial charge in [0.15, 0.2) is 0 Å². The van der Waals surface area contributed by atoms with E-state index in [0.717, 1.165) is 0 Å². The summed E-state index contributed by atoms with van der Waals surface area (Å²) >= 11 is 0. The van der Waals surface area contributed by atoms with Crippen LogP contribution in [-0.4, -0.2) is 6.04 Å². The molecule has 1 aromatic rings. The summed E-state index contributed by atoms with van der Waals surface area (Å²) in [5, 5.41) is 3.75. The molecule has 1 aliphatic carbocycles. The van der Waals surface area contributed by atoms with E-state index >= 15 is 0 Å². The van der Waals surface area contributed by atoms with E-state index < -0.39 is 0 Å². The van der Waals surface area contributed by atoms with E-state index in [-0.39, 0.29) is 0 Å². The van der Waals surface area contributed by atoms with Crippen LogP contribution in [0.25, 0.3) is 0 Å². The van der Waals surface area contributed by atoms with Crippen LogP contribution < -0.4 is 5.32 Å². The molecule has 0 amide bonds. The highest BCUT2D eigenvalue weighted by Gasteiger charge is 2.14. The number of nitrogens with one attached hydrogen (secondary N) is 1. The Balaban J connectivity index is 1.87. The van der Waals surface area contributed by atoms with E-state index in [0.29, 0.717) is 12.1 Å². The average Bonchev–Trinajstić information content (AvgIpc) is 2.86. The largest absolute Gasteiger partial charge is 0.308 e. The van der Waals surface area contributed by atoms with Crippen molar-refractivity contribution in [3.8, 4) is 0 Å². The first kappa shape index (κ1) is 14.6. The molecule has 0 radical (unpaired) electrons. The van der Waals surface area contributed by atoms with E-state index in [4.69, 9.17) is 0 Å². The molecular weight excluding hydrogens is 230 g/mol. The maximum Gasteiger partial charge on any atom is 0.0294 e. The van der Waals surface area contributed by atoms with E-state index in [1.54, 1.807) is 11.1 Å². The predicted molar refractivity (Wildman–Crippen MR) is 83.6 cm³/mol. The van der Waals surface area contributed by atoms with Gasteiger partial charge in [0.25, 0.3) is 0 Å². The number of benzene rings is 1. The second-order valence-corrected chi connectivity index (χ2v) is 6.17. The number of fused-ring (bicyclic) bond motifs is 1. The Morgan fingerprint density at radius 1 is 1.11 bits per heavy atom. The van der Waals surface area contributed by atoms with E-state index in [1.807, 2.05) is 0 Å². The van der Waals surface area contributed by atoms with Crippen molar-refractivity contribution in [2.24, 2.45) is 0 Å². The highest BCUT2D eigenvalue weighted by atomic mass is 14.9. The van der Waals surface area contributed by atoms with Crippen LogP contribution in [0.3, 0.4) is 0 Å². The minimum Gasteiger partial charge on any atom is -0.308 e. The summed E-state index contributed by atoms with van der Waals surface area (Å²) in [6, 6.07) is 8.19. The molecule has 0 aromatic heterocycles. The third kappa shape index (κ3) is 4.07. The van der Waals surface area contributed by atoms with Crippen LogP contribution in [0, 0.1) is 0 Å². The van der Waals surface area contributed by atoms with Crippen molar-refractivity contribution >= 4 is 0 Å². The summed E-state index contributed by atoms with van der Waals surface area (Å²) in [6.07, 6.45) is 9.22. The molecule has 1 nitrogen and oxygen atoms in total. The normalized spacial score (nSPS) is 17.2. The number of aryl methyl sites for hydroxylation is 2. The smallest absolute Gasteiger partial charge is 0.0294 e. The zero-order valence-electron chi connectivity index (χ0n) is 12.8. The summed E-state index contributed by atoms with van der Waals surface area (Å²) in [7, 11) is 0. The van der Waals surface area contributed by atoms with Crippen LogP contribution in [0.5, 0.6) is 0 Å². The zero-order chi connectivity index (χ0) is 13.7. The molecule has 0 fully saturated rings. The Morgan fingerprint density at radius 2 is 1.89 bits per heavy atom. The molecule has 0 spiro atoms. The second-order valence-electron chi connectivity index (χ2n) is 6.17.